The Morgan fingerprint density at radius 3 is 2.57 bits per heavy atom. The Kier molecular flexibility index (Phi) is 5.78. The fourth-order valence-corrected chi connectivity index (χ4v) is 3.17. The Bertz CT molecular complexity index is 955. The molecule has 0 saturated heterocycles. The minimum atomic E-state index is -0.486. The van der Waals surface area contributed by atoms with Gasteiger partial charge >= 0.3 is 0 Å². The fourth-order valence-electron chi connectivity index (χ4n) is 3.17. The van der Waals surface area contributed by atoms with Gasteiger partial charge in [0.25, 0.3) is 5.69 Å². The van der Waals surface area contributed by atoms with Gasteiger partial charge in [-0.15, -0.1) is 0 Å². The number of nitro benzene ring substituents is 1. The number of nitro groups is 1. The molecule has 0 aliphatic rings. The number of aromatic nitrogens is 3. The molecule has 0 spiro atoms. The van der Waals surface area contributed by atoms with E-state index in [9.17, 15) is 14.9 Å². The maximum Gasteiger partial charge on any atom is 0.293 e. The predicted octanol–water partition coefficient (Wildman–Crippen LogP) is 3.61. The number of nitrogens with one attached hydrogen (secondary N) is 1. The molecule has 0 saturated carbocycles. The molecule has 0 fully saturated rings. The summed E-state index contributed by atoms with van der Waals surface area (Å²) < 4.78 is 1.68. The van der Waals surface area contributed by atoms with Crippen LogP contribution in [0.5, 0.6) is 0 Å². The van der Waals surface area contributed by atoms with Crippen LogP contribution in [-0.2, 0) is 11.2 Å². The largest absolute Gasteiger partial charge is 0.320 e. The lowest BCUT2D eigenvalue weighted by atomic mass is 9.95. The van der Waals surface area contributed by atoms with Gasteiger partial charge in [0.15, 0.2) is 0 Å². The number of hydrogen-bond donors (Lipinski definition) is 1. The van der Waals surface area contributed by atoms with Crippen LogP contribution in [0.2, 0.25) is 0 Å². The van der Waals surface area contributed by atoms with Crippen LogP contribution in [0.15, 0.2) is 61.2 Å². The molecule has 1 heterocycles. The van der Waals surface area contributed by atoms with E-state index in [1.807, 2.05) is 44.2 Å². The monoisotopic (exact) mass is 379 g/mol. The third kappa shape index (κ3) is 4.40. The van der Waals surface area contributed by atoms with E-state index >= 15 is 0 Å². The Morgan fingerprint density at radius 1 is 1.21 bits per heavy atom. The number of amides is 1. The summed E-state index contributed by atoms with van der Waals surface area (Å²) in [4.78, 5) is 27.4. The van der Waals surface area contributed by atoms with Gasteiger partial charge in [-0.05, 0) is 23.1 Å². The molecule has 1 unspecified atom stereocenters. The van der Waals surface area contributed by atoms with Crippen molar-refractivity contribution in [3.05, 3.63) is 82.4 Å². The lowest BCUT2D eigenvalue weighted by Gasteiger charge is -2.21. The molecule has 1 amide bonds. The van der Waals surface area contributed by atoms with Crippen molar-refractivity contribution in [3.63, 3.8) is 0 Å². The molecule has 0 aliphatic heterocycles. The van der Waals surface area contributed by atoms with E-state index in [1.54, 1.807) is 23.1 Å². The summed E-state index contributed by atoms with van der Waals surface area (Å²) in [6.07, 6.45) is 3.17. The summed E-state index contributed by atoms with van der Waals surface area (Å²) in [5.74, 6) is -0.168. The first-order valence-electron chi connectivity index (χ1n) is 8.92. The average Bonchev–Trinajstić information content (AvgIpc) is 3.17. The number of carbonyl (C=O) groups excluding carboxylic acids is 1. The van der Waals surface area contributed by atoms with Gasteiger partial charge in [-0.2, -0.15) is 5.10 Å². The number of carbonyl (C=O) groups is 1. The topological polar surface area (TPSA) is 103 Å². The van der Waals surface area contributed by atoms with Crippen LogP contribution < -0.4 is 5.32 Å². The van der Waals surface area contributed by atoms with Gasteiger partial charge < -0.3 is 5.32 Å². The first-order valence-corrected chi connectivity index (χ1v) is 8.92. The van der Waals surface area contributed by atoms with E-state index < -0.39 is 4.92 Å². The molecule has 1 aromatic heterocycles. The molecule has 144 valence electrons. The highest BCUT2D eigenvalue weighted by Crippen LogP contribution is 2.32. The lowest BCUT2D eigenvalue weighted by molar-refractivity contribution is -0.384. The summed E-state index contributed by atoms with van der Waals surface area (Å²) >= 11 is 0. The number of hydrogen-bond acceptors (Lipinski definition) is 5. The summed E-state index contributed by atoms with van der Waals surface area (Å²) in [5.41, 5.74) is 1.60. The van der Waals surface area contributed by atoms with Crippen LogP contribution in [0.1, 0.15) is 31.0 Å². The molecule has 8 heteroatoms. The third-order valence-corrected chi connectivity index (χ3v) is 4.39. The molecule has 0 radical (unpaired) electrons. The predicted molar refractivity (Wildman–Crippen MR) is 105 cm³/mol. The van der Waals surface area contributed by atoms with Crippen molar-refractivity contribution in [3.8, 4) is 0 Å². The quantitative estimate of drug-likeness (QED) is 0.499. The molecule has 8 nitrogen and oxygen atoms in total. The summed E-state index contributed by atoms with van der Waals surface area (Å²) in [6, 6.07) is 13.9. The maximum atomic E-state index is 12.3. The first kappa shape index (κ1) is 19.2. The van der Waals surface area contributed by atoms with Gasteiger partial charge in [0.1, 0.15) is 18.3 Å². The third-order valence-electron chi connectivity index (χ3n) is 4.39. The second kappa shape index (κ2) is 8.43. The van der Waals surface area contributed by atoms with Gasteiger partial charge in [-0.1, -0.05) is 50.2 Å². The Labute approximate surface area is 162 Å². The molecule has 1 atom stereocenters. The van der Waals surface area contributed by atoms with Gasteiger partial charge in [-0.3, -0.25) is 14.9 Å². The molecular weight excluding hydrogens is 358 g/mol. The highest BCUT2D eigenvalue weighted by Gasteiger charge is 2.24. The van der Waals surface area contributed by atoms with Gasteiger partial charge in [0.2, 0.25) is 5.91 Å². The first-order chi connectivity index (χ1) is 13.5. The van der Waals surface area contributed by atoms with Crippen molar-refractivity contribution in [2.45, 2.75) is 26.3 Å². The van der Waals surface area contributed by atoms with Crippen molar-refractivity contribution < 1.29 is 9.72 Å². The van der Waals surface area contributed by atoms with E-state index in [2.05, 4.69) is 15.4 Å². The number of benzene rings is 2. The normalized spacial score (nSPS) is 12.0. The maximum absolute atomic E-state index is 12.3. The van der Waals surface area contributed by atoms with E-state index in [0.717, 1.165) is 11.1 Å². The fraction of sp³-hybridized carbons (Fsp3) is 0.250. The van der Waals surface area contributed by atoms with Gasteiger partial charge in [0, 0.05) is 6.07 Å². The zero-order valence-corrected chi connectivity index (χ0v) is 15.6. The zero-order valence-electron chi connectivity index (χ0n) is 15.6. The van der Waals surface area contributed by atoms with Crippen LogP contribution in [-0.4, -0.2) is 25.6 Å². The Hall–Kier alpha value is -3.55. The van der Waals surface area contributed by atoms with E-state index in [1.165, 1.54) is 12.4 Å². The average molecular weight is 379 g/mol. The lowest BCUT2D eigenvalue weighted by Crippen LogP contribution is -2.18. The van der Waals surface area contributed by atoms with Crippen molar-refractivity contribution in [1.82, 2.24) is 14.8 Å². The molecule has 3 rings (SSSR count). The van der Waals surface area contributed by atoms with Crippen LogP contribution >= 0.6 is 0 Å². The molecule has 1 N–H and O–H groups in total. The molecule has 0 aliphatic carbocycles. The minimum Gasteiger partial charge on any atom is -0.320 e. The molecule has 3 aromatic rings. The standard InChI is InChI=1S/C20H21N5O3/c1-14(2)20(24-13-21-12-22-24)16-8-9-17(18(11-16)25(27)28)23-19(26)10-15-6-4-3-5-7-15/h3-9,11-14,20H,10H2,1-2H3,(H,23,26). The molecule has 28 heavy (non-hydrogen) atoms. The second-order valence-electron chi connectivity index (χ2n) is 6.81. The van der Waals surface area contributed by atoms with Gasteiger partial charge in [-0.25, -0.2) is 9.67 Å². The summed E-state index contributed by atoms with van der Waals surface area (Å²) in [5, 5.41) is 18.4. The van der Waals surface area contributed by atoms with Crippen molar-refractivity contribution >= 4 is 17.3 Å². The highest BCUT2D eigenvalue weighted by molar-refractivity contribution is 5.94. The smallest absolute Gasteiger partial charge is 0.293 e. The van der Waals surface area contributed by atoms with Crippen molar-refractivity contribution in [1.29, 1.82) is 0 Å². The zero-order chi connectivity index (χ0) is 20.1. The van der Waals surface area contributed by atoms with E-state index in [0.29, 0.717) is 0 Å². The highest BCUT2D eigenvalue weighted by atomic mass is 16.6. The summed E-state index contributed by atoms with van der Waals surface area (Å²) in [6.45, 7) is 4.02. The van der Waals surface area contributed by atoms with E-state index in [-0.39, 0.29) is 35.7 Å². The minimum absolute atomic E-state index is 0.139. The van der Waals surface area contributed by atoms with E-state index in [4.69, 9.17) is 0 Å². The second-order valence-corrected chi connectivity index (χ2v) is 6.81. The van der Waals surface area contributed by atoms with Gasteiger partial charge in [0.05, 0.1) is 17.4 Å². The van der Waals surface area contributed by atoms with Crippen molar-refractivity contribution in [2.24, 2.45) is 5.92 Å². The summed E-state index contributed by atoms with van der Waals surface area (Å²) in [7, 11) is 0. The van der Waals surface area contributed by atoms with Crippen molar-refractivity contribution in [2.75, 3.05) is 5.32 Å². The molecular formula is C20H21N5O3. The van der Waals surface area contributed by atoms with Crippen LogP contribution in [0.25, 0.3) is 0 Å². The van der Waals surface area contributed by atoms with Crippen LogP contribution in [0, 0.1) is 16.0 Å². The number of nitrogens with zero attached hydrogens (tertiary/aromatic N) is 4. The number of anilines is 1. The van der Waals surface area contributed by atoms with Crippen LogP contribution in [0.4, 0.5) is 11.4 Å². The molecule has 2 aromatic carbocycles. The Balaban J connectivity index is 1.87. The van der Waals surface area contributed by atoms with Crippen LogP contribution in [0.3, 0.4) is 0 Å². The molecule has 0 bridgehead atoms. The SMILES string of the molecule is CC(C)C(c1ccc(NC(=O)Cc2ccccc2)c([N+](=O)[O-])c1)n1cncn1. The number of rotatable bonds is 7. The Morgan fingerprint density at radius 2 is 1.96 bits per heavy atom.